The topological polar surface area (TPSA) is 19.0 Å². The van der Waals surface area contributed by atoms with Gasteiger partial charge in [0.25, 0.3) is 0 Å². The first-order chi connectivity index (χ1) is 13.3. The molecular formula is C23H53N3OSi. The minimum absolute atomic E-state index is 0.310. The van der Waals surface area contributed by atoms with Crippen molar-refractivity contribution in [1.29, 1.82) is 0 Å². The molecule has 28 heavy (non-hydrogen) atoms. The smallest absolute Gasteiger partial charge is 0.189 e. The van der Waals surface area contributed by atoms with Crippen molar-refractivity contribution in [2.24, 2.45) is 5.41 Å². The molecule has 0 N–H and O–H groups in total. The number of hydrogen-bond donors (Lipinski definition) is 0. The zero-order valence-corrected chi connectivity index (χ0v) is 21.9. The average Bonchev–Trinajstić information content (AvgIpc) is 2.72. The van der Waals surface area contributed by atoms with Crippen molar-refractivity contribution in [2.45, 2.75) is 80.4 Å². The Morgan fingerprint density at radius 1 is 0.643 bits per heavy atom. The summed E-state index contributed by atoms with van der Waals surface area (Å²) in [6, 6.07) is 2.50. The van der Waals surface area contributed by atoms with E-state index in [-0.39, 0.29) is 0 Å². The Morgan fingerprint density at radius 3 is 1.25 bits per heavy atom. The standard InChI is InChI=1S/C23H53N3OSi/c1-10-24(11-2)20-23(21-25(12-3)13-4,22-26(14-5)15-6)18-19-28(9,17-8)27-16-7/h10-22H2,1-9H3. The second-order valence-corrected chi connectivity index (χ2v) is 13.0. The maximum atomic E-state index is 6.35. The summed E-state index contributed by atoms with van der Waals surface area (Å²) in [4.78, 5) is 7.95. The lowest BCUT2D eigenvalue weighted by Gasteiger charge is -2.45. The molecule has 0 aliphatic rings. The van der Waals surface area contributed by atoms with Gasteiger partial charge in [0.1, 0.15) is 0 Å². The zero-order chi connectivity index (χ0) is 21.6. The molecule has 0 radical (unpaired) electrons. The molecule has 0 rings (SSSR count). The third kappa shape index (κ3) is 9.71. The van der Waals surface area contributed by atoms with Gasteiger partial charge in [-0.2, -0.15) is 0 Å². The summed E-state index contributed by atoms with van der Waals surface area (Å²) in [5, 5.41) is 0. The molecular weight excluding hydrogens is 362 g/mol. The van der Waals surface area contributed by atoms with Gasteiger partial charge in [0.05, 0.1) is 0 Å². The molecule has 0 aromatic heterocycles. The van der Waals surface area contributed by atoms with Crippen molar-refractivity contribution in [3.63, 3.8) is 0 Å². The first kappa shape index (κ1) is 28.1. The van der Waals surface area contributed by atoms with Crippen LogP contribution < -0.4 is 0 Å². The molecule has 1 unspecified atom stereocenters. The van der Waals surface area contributed by atoms with Crippen molar-refractivity contribution in [1.82, 2.24) is 14.7 Å². The van der Waals surface area contributed by atoms with E-state index in [1.807, 2.05) is 0 Å². The van der Waals surface area contributed by atoms with Crippen molar-refractivity contribution in [3.05, 3.63) is 0 Å². The van der Waals surface area contributed by atoms with Gasteiger partial charge in [0.15, 0.2) is 8.32 Å². The molecule has 0 aliphatic carbocycles. The van der Waals surface area contributed by atoms with E-state index in [0.29, 0.717) is 5.41 Å². The molecule has 1 atom stereocenters. The van der Waals surface area contributed by atoms with E-state index in [1.165, 1.54) is 38.1 Å². The lowest BCUT2D eigenvalue weighted by atomic mass is 9.82. The average molecular weight is 416 g/mol. The van der Waals surface area contributed by atoms with Crippen molar-refractivity contribution in [2.75, 3.05) is 65.5 Å². The fourth-order valence-corrected chi connectivity index (χ4v) is 6.84. The van der Waals surface area contributed by atoms with Gasteiger partial charge in [-0.25, -0.2) is 0 Å². The summed E-state index contributed by atoms with van der Waals surface area (Å²) in [5.41, 5.74) is 0.310. The second-order valence-electron chi connectivity index (χ2n) is 8.62. The highest BCUT2D eigenvalue weighted by Gasteiger charge is 2.38. The first-order valence-electron chi connectivity index (χ1n) is 12.1. The van der Waals surface area contributed by atoms with Crippen LogP contribution in [0.25, 0.3) is 0 Å². The van der Waals surface area contributed by atoms with E-state index in [2.05, 4.69) is 76.6 Å². The highest BCUT2D eigenvalue weighted by atomic mass is 28.4. The summed E-state index contributed by atoms with van der Waals surface area (Å²) in [7, 11) is -1.60. The number of nitrogens with zero attached hydrogens (tertiary/aromatic N) is 3. The Labute approximate surface area is 179 Å². The normalized spacial score (nSPS) is 15.0. The third-order valence-electron chi connectivity index (χ3n) is 6.79. The molecule has 0 aromatic carbocycles. The quantitative estimate of drug-likeness (QED) is 0.293. The first-order valence-corrected chi connectivity index (χ1v) is 14.9. The third-order valence-corrected chi connectivity index (χ3v) is 10.6. The van der Waals surface area contributed by atoms with Gasteiger partial charge in [-0.05, 0) is 71.2 Å². The van der Waals surface area contributed by atoms with Crippen LogP contribution in [0.15, 0.2) is 0 Å². The van der Waals surface area contributed by atoms with Gasteiger partial charge in [0, 0.05) is 31.7 Å². The Balaban J connectivity index is 5.81. The van der Waals surface area contributed by atoms with E-state index in [9.17, 15) is 0 Å². The molecule has 0 saturated heterocycles. The predicted molar refractivity (Wildman–Crippen MR) is 129 cm³/mol. The van der Waals surface area contributed by atoms with Crippen LogP contribution >= 0.6 is 0 Å². The highest BCUT2D eigenvalue weighted by molar-refractivity contribution is 6.72. The lowest BCUT2D eigenvalue weighted by Crippen LogP contribution is -2.52. The summed E-state index contributed by atoms with van der Waals surface area (Å²) < 4.78 is 6.35. The summed E-state index contributed by atoms with van der Waals surface area (Å²) in [6.07, 6.45) is 1.28. The molecule has 4 nitrogen and oxygen atoms in total. The minimum atomic E-state index is -1.60. The van der Waals surface area contributed by atoms with Crippen molar-refractivity contribution < 1.29 is 4.43 Å². The van der Waals surface area contributed by atoms with Gasteiger partial charge >= 0.3 is 0 Å². The fraction of sp³-hybridized carbons (Fsp3) is 1.00. The molecule has 170 valence electrons. The monoisotopic (exact) mass is 415 g/mol. The summed E-state index contributed by atoms with van der Waals surface area (Å²) >= 11 is 0. The SMILES string of the molecule is CCO[Si](C)(CC)CCC(CN(CC)CC)(CN(CC)CC)CN(CC)CC. The van der Waals surface area contributed by atoms with Crippen LogP contribution in [0, 0.1) is 5.41 Å². The van der Waals surface area contributed by atoms with Gasteiger partial charge in [-0.15, -0.1) is 0 Å². The van der Waals surface area contributed by atoms with Crippen LogP contribution in [-0.2, 0) is 4.43 Å². The Kier molecular flexibility index (Phi) is 15.0. The molecule has 5 heteroatoms. The molecule has 0 amide bonds. The zero-order valence-electron chi connectivity index (χ0n) is 20.9. The van der Waals surface area contributed by atoms with Crippen LogP contribution in [0.2, 0.25) is 18.6 Å². The van der Waals surface area contributed by atoms with E-state index >= 15 is 0 Å². The lowest BCUT2D eigenvalue weighted by molar-refractivity contribution is 0.0579. The summed E-state index contributed by atoms with van der Waals surface area (Å²) in [6.45, 7) is 32.2. The van der Waals surface area contributed by atoms with Crippen molar-refractivity contribution in [3.8, 4) is 0 Å². The highest BCUT2D eigenvalue weighted by Crippen LogP contribution is 2.33. The molecule has 0 bridgehead atoms. The number of hydrogen-bond acceptors (Lipinski definition) is 4. The van der Waals surface area contributed by atoms with Crippen LogP contribution in [-0.4, -0.2) is 88.5 Å². The van der Waals surface area contributed by atoms with E-state index in [1.54, 1.807) is 0 Å². The largest absolute Gasteiger partial charge is 0.417 e. The Bertz CT molecular complexity index is 335. The van der Waals surface area contributed by atoms with Gasteiger partial charge in [-0.1, -0.05) is 48.5 Å². The molecule has 0 aliphatic heterocycles. The van der Waals surface area contributed by atoms with Crippen LogP contribution in [0.3, 0.4) is 0 Å². The molecule has 0 heterocycles. The molecule has 0 saturated carbocycles. The molecule has 0 spiro atoms. The maximum absolute atomic E-state index is 6.35. The van der Waals surface area contributed by atoms with E-state index in [0.717, 1.165) is 45.9 Å². The fourth-order valence-electron chi connectivity index (χ4n) is 4.38. The van der Waals surface area contributed by atoms with Gasteiger partial charge in [0.2, 0.25) is 0 Å². The minimum Gasteiger partial charge on any atom is -0.417 e. The predicted octanol–water partition coefficient (Wildman–Crippen LogP) is 5.02. The number of rotatable bonds is 18. The maximum Gasteiger partial charge on any atom is 0.189 e. The molecule has 0 aromatic rings. The summed E-state index contributed by atoms with van der Waals surface area (Å²) in [5.74, 6) is 0. The van der Waals surface area contributed by atoms with Crippen molar-refractivity contribution >= 4 is 8.32 Å². The second kappa shape index (κ2) is 14.9. The van der Waals surface area contributed by atoms with Crippen LogP contribution in [0.1, 0.15) is 61.8 Å². The van der Waals surface area contributed by atoms with E-state index < -0.39 is 8.32 Å². The Morgan fingerprint density at radius 2 is 1.00 bits per heavy atom. The van der Waals surface area contributed by atoms with Gasteiger partial charge in [-0.3, -0.25) is 0 Å². The van der Waals surface area contributed by atoms with E-state index in [4.69, 9.17) is 4.43 Å². The van der Waals surface area contributed by atoms with Gasteiger partial charge < -0.3 is 19.1 Å². The van der Waals surface area contributed by atoms with Crippen LogP contribution in [0.4, 0.5) is 0 Å². The Hall–Kier alpha value is 0.0569. The van der Waals surface area contributed by atoms with Crippen LogP contribution in [0.5, 0.6) is 0 Å². The molecule has 0 fully saturated rings.